The van der Waals surface area contributed by atoms with Gasteiger partial charge in [0.1, 0.15) is 6.10 Å². The van der Waals surface area contributed by atoms with Crippen LogP contribution in [0.2, 0.25) is 0 Å². The van der Waals surface area contributed by atoms with Gasteiger partial charge in [-0.1, -0.05) is 0 Å². The van der Waals surface area contributed by atoms with Crippen molar-refractivity contribution in [2.75, 3.05) is 13.2 Å². The molecule has 4 nitrogen and oxygen atoms in total. The molecular weight excluding hydrogens is 178 g/mol. The Bertz CT molecular complexity index is 297. The molecule has 1 aliphatic heterocycles. The van der Waals surface area contributed by atoms with Gasteiger partial charge in [-0.15, -0.1) is 0 Å². The molecule has 1 aliphatic rings. The smallest absolute Gasteiger partial charge is 0.103 e. The van der Waals surface area contributed by atoms with Gasteiger partial charge in [-0.25, -0.2) is 0 Å². The highest BCUT2D eigenvalue weighted by Crippen LogP contribution is 2.33. The Kier molecular flexibility index (Phi) is 2.84. The van der Waals surface area contributed by atoms with Crippen molar-refractivity contribution >= 4 is 0 Å². The Morgan fingerprint density at radius 3 is 3.29 bits per heavy atom. The average molecular weight is 195 g/mol. The van der Waals surface area contributed by atoms with Crippen LogP contribution >= 0.6 is 0 Å². The van der Waals surface area contributed by atoms with Crippen LogP contribution in [-0.4, -0.2) is 22.9 Å². The molecule has 1 aromatic rings. The molecule has 0 amide bonds. The van der Waals surface area contributed by atoms with Crippen molar-refractivity contribution in [2.24, 2.45) is 11.7 Å². The Morgan fingerprint density at radius 2 is 2.57 bits per heavy atom. The van der Waals surface area contributed by atoms with E-state index in [0.29, 0.717) is 12.5 Å². The summed E-state index contributed by atoms with van der Waals surface area (Å²) in [4.78, 5) is 0. The SMILES string of the molecule is CCn1nccc1[C@H]1OCC[C@H]1CN. The van der Waals surface area contributed by atoms with Crippen molar-refractivity contribution in [3.63, 3.8) is 0 Å². The first-order valence-electron chi connectivity index (χ1n) is 5.20. The van der Waals surface area contributed by atoms with Gasteiger partial charge in [-0.3, -0.25) is 4.68 Å². The van der Waals surface area contributed by atoms with E-state index >= 15 is 0 Å². The minimum Gasteiger partial charge on any atom is -0.372 e. The number of ether oxygens (including phenoxy) is 1. The monoisotopic (exact) mass is 195 g/mol. The molecule has 2 atom stereocenters. The minimum atomic E-state index is 0.155. The standard InChI is InChI=1S/C10H17N3O/c1-2-13-9(3-5-12-13)10-8(7-11)4-6-14-10/h3,5,8,10H,2,4,6-7,11H2,1H3/t8-,10-/m0/s1. The quantitative estimate of drug-likeness (QED) is 0.781. The molecule has 2 rings (SSSR count). The van der Waals surface area contributed by atoms with Crippen molar-refractivity contribution in [3.8, 4) is 0 Å². The van der Waals surface area contributed by atoms with E-state index in [1.165, 1.54) is 5.69 Å². The summed E-state index contributed by atoms with van der Waals surface area (Å²) in [6.45, 7) is 4.49. The second kappa shape index (κ2) is 4.11. The predicted octanol–water partition coefficient (Wildman–Crippen LogP) is 0.939. The molecule has 78 valence electrons. The fourth-order valence-corrected chi connectivity index (χ4v) is 2.05. The Balaban J connectivity index is 2.21. The Morgan fingerprint density at radius 1 is 1.71 bits per heavy atom. The van der Waals surface area contributed by atoms with E-state index in [4.69, 9.17) is 10.5 Å². The van der Waals surface area contributed by atoms with E-state index in [2.05, 4.69) is 12.0 Å². The van der Waals surface area contributed by atoms with E-state index in [1.807, 2.05) is 16.9 Å². The van der Waals surface area contributed by atoms with E-state index in [-0.39, 0.29) is 6.10 Å². The average Bonchev–Trinajstić information content (AvgIpc) is 2.85. The lowest BCUT2D eigenvalue weighted by Crippen LogP contribution is -2.20. The molecule has 1 saturated heterocycles. The summed E-state index contributed by atoms with van der Waals surface area (Å²) >= 11 is 0. The molecule has 0 aliphatic carbocycles. The zero-order valence-electron chi connectivity index (χ0n) is 8.52. The van der Waals surface area contributed by atoms with Gasteiger partial charge in [0.25, 0.3) is 0 Å². The van der Waals surface area contributed by atoms with Crippen molar-refractivity contribution < 1.29 is 4.74 Å². The number of hydrogen-bond donors (Lipinski definition) is 1. The van der Waals surface area contributed by atoms with E-state index in [9.17, 15) is 0 Å². The molecule has 0 saturated carbocycles. The number of nitrogens with two attached hydrogens (primary N) is 1. The highest BCUT2D eigenvalue weighted by atomic mass is 16.5. The number of aromatic nitrogens is 2. The third-order valence-electron chi connectivity index (χ3n) is 2.86. The van der Waals surface area contributed by atoms with Gasteiger partial charge < -0.3 is 10.5 Å². The summed E-state index contributed by atoms with van der Waals surface area (Å²) in [6.07, 6.45) is 3.05. The molecule has 0 spiro atoms. The maximum Gasteiger partial charge on any atom is 0.103 e. The fourth-order valence-electron chi connectivity index (χ4n) is 2.05. The molecule has 0 radical (unpaired) electrons. The maximum absolute atomic E-state index is 5.71. The molecule has 1 aromatic heterocycles. The van der Waals surface area contributed by atoms with Crippen molar-refractivity contribution in [1.29, 1.82) is 0 Å². The number of aryl methyl sites for hydroxylation is 1. The molecule has 0 unspecified atom stereocenters. The first kappa shape index (κ1) is 9.68. The molecule has 1 fully saturated rings. The first-order valence-corrected chi connectivity index (χ1v) is 5.20. The van der Waals surface area contributed by atoms with Gasteiger partial charge in [0.2, 0.25) is 0 Å². The lowest BCUT2D eigenvalue weighted by atomic mass is 9.99. The van der Waals surface area contributed by atoms with Crippen molar-refractivity contribution in [2.45, 2.75) is 26.0 Å². The van der Waals surface area contributed by atoms with Crippen LogP contribution in [0.3, 0.4) is 0 Å². The molecule has 0 bridgehead atoms. The second-order valence-corrected chi connectivity index (χ2v) is 3.65. The topological polar surface area (TPSA) is 53.1 Å². The van der Waals surface area contributed by atoms with Crippen molar-refractivity contribution in [1.82, 2.24) is 9.78 Å². The zero-order valence-corrected chi connectivity index (χ0v) is 8.52. The summed E-state index contributed by atoms with van der Waals surface area (Å²) in [6, 6.07) is 2.03. The lowest BCUT2D eigenvalue weighted by molar-refractivity contribution is 0.0850. The van der Waals surface area contributed by atoms with Gasteiger partial charge in [-0.2, -0.15) is 5.10 Å². The van der Waals surface area contributed by atoms with Gasteiger partial charge in [0.05, 0.1) is 5.69 Å². The molecule has 2 heterocycles. The van der Waals surface area contributed by atoms with Gasteiger partial charge >= 0.3 is 0 Å². The fraction of sp³-hybridized carbons (Fsp3) is 0.700. The number of hydrogen-bond acceptors (Lipinski definition) is 3. The van der Waals surface area contributed by atoms with Crippen LogP contribution in [0.25, 0.3) is 0 Å². The number of nitrogens with zero attached hydrogens (tertiary/aromatic N) is 2. The summed E-state index contributed by atoms with van der Waals surface area (Å²) in [5, 5.41) is 4.24. The lowest BCUT2D eigenvalue weighted by Gasteiger charge is -2.17. The maximum atomic E-state index is 5.71. The normalized spacial score (nSPS) is 27.0. The van der Waals surface area contributed by atoms with Crippen LogP contribution in [0.1, 0.15) is 25.1 Å². The van der Waals surface area contributed by atoms with E-state index in [0.717, 1.165) is 19.6 Å². The molecular formula is C10H17N3O. The van der Waals surface area contributed by atoms with Crippen LogP contribution in [0.4, 0.5) is 0 Å². The highest BCUT2D eigenvalue weighted by molar-refractivity contribution is 5.08. The van der Waals surface area contributed by atoms with Gasteiger partial charge in [0, 0.05) is 25.3 Å². The molecule has 2 N–H and O–H groups in total. The minimum absolute atomic E-state index is 0.155. The highest BCUT2D eigenvalue weighted by Gasteiger charge is 2.30. The predicted molar refractivity (Wildman–Crippen MR) is 53.8 cm³/mol. The summed E-state index contributed by atoms with van der Waals surface area (Å²) in [5.74, 6) is 0.456. The number of rotatable bonds is 3. The van der Waals surface area contributed by atoms with Gasteiger partial charge in [0.15, 0.2) is 0 Å². The largest absolute Gasteiger partial charge is 0.372 e. The Labute approximate surface area is 84.0 Å². The van der Waals surface area contributed by atoms with E-state index in [1.54, 1.807) is 0 Å². The van der Waals surface area contributed by atoms with Crippen LogP contribution in [0, 0.1) is 5.92 Å². The molecule has 14 heavy (non-hydrogen) atoms. The first-order chi connectivity index (χ1) is 6.86. The summed E-state index contributed by atoms with van der Waals surface area (Å²) in [5.41, 5.74) is 6.88. The third-order valence-corrected chi connectivity index (χ3v) is 2.86. The summed E-state index contributed by atoms with van der Waals surface area (Å²) < 4.78 is 7.69. The van der Waals surface area contributed by atoms with Gasteiger partial charge in [-0.05, 0) is 26.0 Å². The van der Waals surface area contributed by atoms with Crippen LogP contribution < -0.4 is 5.73 Å². The van der Waals surface area contributed by atoms with E-state index < -0.39 is 0 Å². The molecule has 0 aromatic carbocycles. The third kappa shape index (κ3) is 1.55. The summed E-state index contributed by atoms with van der Waals surface area (Å²) in [7, 11) is 0. The second-order valence-electron chi connectivity index (χ2n) is 3.65. The molecule has 4 heteroatoms. The van der Waals surface area contributed by atoms with Crippen molar-refractivity contribution in [3.05, 3.63) is 18.0 Å². The van der Waals surface area contributed by atoms with Crippen LogP contribution in [0.5, 0.6) is 0 Å². The zero-order chi connectivity index (χ0) is 9.97. The van der Waals surface area contributed by atoms with Crippen LogP contribution in [-0.2, 0) is 11.3 Å². The van der Waals surface area contributed by atoms with Crippen LogP contribution in [0.15, 0.2) is 12.3 Å². The Hall–Kier alpha value is -0.870.